The molecule has 230 valence electrons. The molecule has 0 saturated carbocycles. The fourth-order valence-corrected chi connectivity index (χ4v) is 4.57. The summed E-state index contributed by atoms with van der Waals surface area (Å²) in [4.78, 5) is 65.4. The van der Waals surface area contributed by atoms with E-state index in [1.165, 1.54) is 24.3 Å². The number of imide groups is 1. The van der Waals surface area contributed by atoms with Gasteiger partial charge in [0.15, 0.2) is 11.7 Å². The predicted octanol–water partition coefficient (Wildman–Crippen LogP) is 3.51. The molecule has 1 aliphatic heterocycles. The van der Waals surface area contributed by atoms with E-state index in [-0.39, 0.29) is 12.3 Å². The number of allylic oxidation sites excluding steroid dienone is 1. The van der Waals surface area contributed by atoms with Crippen molar-refractivity contribution in [1.29, 1.82) is 0 Å². The van der Waals surface area contributed by atoms with E-state index in [4.69, 9.17) is 21.6 Å². The van der Waals surface area contributed by atoms with E-state index in [2.05, 4.69) is 5.92 Å². The SMILES string of the molecule is C#CC1C(N(C(=O)OCc2ccc([N+](=O)[O-])cc2)C(=O)[C@@H](N)c2ccccc2)C(=O)N1C(C(=O)OCc1ccccc1)=C(C)O. The van der Waals surface area contributed by atoms with E-state index < -0.39 is 65.0 Å². The molecule has 0 spiro atoms. The number of aliphatic hydroxyl groups is 1. The lowest BCUT2D eigenvalue weighted by Gasteiger charge is -2.47. The molecule has 3 atom stereocenters. The number of esters is 1. The molecule has 3 N–H and O–H groups in total. The third-order valence-corrected chi connectivity index (χ3v) is 6.87. The molecule has 0 aromatic heterocycles. The van der Waals surface area contributed by atoms with Crippen molar-refractivity contribution in [2.75, 3.05) is 0 Å². The third-order valence-electron chi connectivity index (χ3n) is 6.87. The van der Waals surface area contributed by atoms with Crippen molar-refractivity contribution in [3.8, 4) is 12.3 Å². The molecule has 0 bridgehead atoms. The van der Waals surface area contributed by atoms with Gasteiger partial charge in [0.2, 0.25) is 0 Å². The summed E-state index contributed by atoms with van der Waals surface area (Å²) in [5.74, 6) is -1.34. The maximum absolute atomic E-state index is 13.7. The molecule has 1 saturated heterocycles. The van der Waals surface area contributed by atoms with Gasteiger partial charge in [-0.3, -0.25) is 24.6 Å². The number of benzene rings is 3. The summed E-state index contributed by atoms with van der Waals surface area (Å²) in [6, 6.07) is 17.4. The molecular weight excluding hydrogens is 584 g/mol. The lowest BCUT2D eigenvalue weighted by atomic mass is 9.91. The first-order chi connectivity index (χ1) is 21.5. The van der Waals surface area contributed by atoms with Crippen LogP contribution in [0.5, 0.6) is 0 Å². The van der Waals surface area contributed by atoms with Gasteiger partial charge >= 0.3 is 12.1 Å². The van der Waals surface area contributed by atoms with Crippen LogP contribution in [0, 0.1) is 22.5 Å². The Morgan fingerprint density at radius 1 is 1.00 bits per heavy atom. The van der Waals surface area contributed by atoms with Crippen molar-refractivity contribution < 1.29 is 38.7 Å². The molecule has 0 aliphatic carbocycles. The Kier molecular flexibility index (Phi) is 9.92. The van der Waals surface area contributed by atoms with E-state index in [1.807, 2.05) is 0 Å². The minimum Gasteiger partial charge on any atom is -0.510 e. The number of ether oxygens (including phenoxy) is 2. The third kappa shape index (κ3) is 6.98. The van der Waals surface area contributed by atoms with Gasteiger partial charge in [-0.15, -0.1) is 6.42 Å². The number of likely N-dealkylation sites (tertiary alicyclic amines) is 1. The minimum atomic E-state index is -1.65. The van der Waals surface area contributed by atoms with Gasteiger partial charge in [0.25, 0.3) is 17.5 Å². The number of β-lactam (4-membered cyclic amide) rings is 1. The number of nitrogens with zero attached hydrogens (tertiary/aromatic N) is 3. The van der Waals surface area contributed by atoms with Crippen molar-refractivity contribution in [2.45, 2.75) is 38.3 Å². The first kappa shape index (κ1) is 31.9. The Hall–Kier alpha value is -6.00. The second-order valence-corrected chi connectivity index (χ2v) is 9.84. The van der Waals surface area contributed by atoms with Gasteiger partial charge in [0, 0.05) is 12.1 Å². The number of carbonyl (C=O) groups excluding carboxylic acids is 4. The van der Waals surface area contributed by atoms with Crippen LogP contribution in [0.1, 0.15) is 29.7 Å². The lowest BCUT2D eigenvalue weighted by molar-refractivity contribution is -0.384. The summed E-state index contributed by atoms with van der Waals surface area (Å²) >= 11 is 0. The van der Waals surface area contributed by atoms with Crippen LogP contribution in [-0.4, -0.2) is 55.8 Å². The molecule has 13 heteroatoms. The number of aliphatic hydroxyl groups excluding tert-OH is 1. The molecule has 4 rings (SSSR count). The largest absolute Gasteiger partial charge is 0.510 e. The van der Waals surface area contributed by atoms with Crippen LogP contribution in [0.4, 0.5) is 10.5 Å². The monoisotopic (exact) mass is 612 g/mol. The average molecular weight is 613 g/mol. The normalized spacial score (nSPS) is 16.7. The number of amides is 3. The number of carbonyl (C=O) groups is 4. The Bertz CT molecular complexity index is 1660. The van der Waals surface area contributed by atoms with Crippen LogP contribution >= 0.6 is 0 Å². The summed E-state index contributed by atoms with van der Waals surface area (Å²) in [5, 5.41) is 21.3. The molecule has 0 radical (unpaired) electrons. The van der Waals surface area contributed by atoms with E-state index in [0.717, 1.165) is 11.8 Å². The predicted molar refractivity (Wildman–Crippen MR) is 158 cm³/mol. The Balaban J connectivity index is 1.60. The molecule has 2 unspecified atom stereocenters. The summed E-state index contributed by atoms with van der Waals surface area (Å²) in [5.41, 5.74) is 6.78. The van der Waals surface area contributed by atoms with Crippen molar-refractivity contribution in [1.82, 2.24) is 9.80 Å². The minimum absolute atomic E-state index is 0.172. The first-order valence-electron chi connectivity index (χ1n) is 13.5. The Morgan fingerprint density at radius 3 is 2.11 bits per heavy atom. The van der Waals surface area contributed by atoms with E-state index in [0.29, 0.717) is 21.6 Å². The highest BCUT2D eigenvalue weighted by Gasteiger charge is 2.57. The molecule has 3 amide bonds. The molecule has 3 aromatic carbocycles. The lowest BCUT2D eigenvalue weighted by Crippen LogP contribution is -2.72. The fraction of sp³-hybridized carbons (Fsp3) is 0.188. The van der Waals surface area contributed by atoms with Crippen LogP contribution in [0.15, 0.2) is 96.4 Å². The van der Waals surface area contributed by atoms with Crippen LogP contribution < -0.4 is 5.73 Å². The standard InChI is InChI=1S/C32H28N4O9/c1-3-25-28(30(39)34(25)27(20(2)37)31(40)44-18-21-10-6-4-7-11-21)35(29(38)26(33)23-12-8-5-9-13-23)32(41)45-19-22-14-16-24(17-15-22)36(42)43/h1,4-17,25-26,28,37H,18-19,33H2,2H3/t25?,26-,28?/m0/s1. The quantitative estimate of drug-likeness (QED) is 0.0654. The highest BCUT2D eigenvalue weighted by atomic mass is 16.6. The van der Waals surface area contributed by atoms with E-state index in [1.54, 1.807) is 60.7 Å². The number of hydrogen-bond donors (Lipinski definition) is 2. The molecule has 45 heavy (non-hydrogen) atoms. The number of nitro benzene ring substituents is 1. The summed E-state index contributed by atoms with van der Waals surface area (Å²) < 4.78 is 10.6. The molecular formula is C32H28N4O9. The summed E-state index contributed by atoms with van der Waals surface area (Å²) in [6.07, 6.45) is 4.46. The molecule has 1 fully saturated rings. The first-order valence-corrected chi connectivity index (χ1v) is 13.5. The Morgan fingerprint density at radius 2 is 1.56 bits per heavy atom. The number of terminal acetylenes is 1. The Labute approximate surface area is 257 Å². The molecule has 1 heterocycles. The molecule has 3 aromatic rings. The van der Waals surface area contributed by atoms with Crippen molar-refractivity contribution >= 4 is 29.6 Å². The topological polar surface area (TPSA) is 183 Å². The zero-order valence-electron chi connectivity index (χ0n) is 23.9. The maximum atomic E-state index is 13.7. The van der Waals surface area contributed by atoms with Crippen LogP contribution in [0.25, 0.3) is 0 Å². The van der Waals surface area contributed by atoms with E-state index >= 15 is 0 Å². The van der Waals surface area contributed by atoms with Gasteiger partial charge in [-0.05, 0) is 35.7 Å². The number of non-ortho nitro benzene ring substituents is 1. The van der Waals surface area contributed by atoms with Gasteiger partial charge in [-0.2, -0.15) is 0 Å². The summed E-state index contributed by atoms with van der Waals surface area (Å²) in [6.45, 7) is 0.563. The smallest absolute Gasteiger partial charge is 0.417 e. The number of nitrogens with two attached hydrogens (primary N) is 1. The van der Waals surface area contributed by atoms with Crippen molar-refractivity contribution in [3.05, 3.63) is 123 Å². The van der Waals surface area contributed by atoms with Gasteiger partial charge in [0.1, 0.15) is 31.1 Å². The van der Waals surface area contributed by atoms with Crippen LogP contribution in [0.2, 0.25) is 0 Å². The molecule has 13 nitrogen and oxygen atoms in total. The maximum Gasteiger partial charge on any atom is 0.417 e. The van der Waals surface area contributed by atoms with Gasteiger partial charge in [0.05, 0.1) is 4.92 Å². The van der Waals surface area contributed by atoms with Crippen molar-refractivity contribution in [2.24, 2.45) is 5.73 Å². The highest BCUT2D eigenvalue weighted by Crippen LogP contribution is 2.33. The zero-order valence-corrected chi connectivity index (χ0v) is 23.9. The highest BCUT2D eigenvalue weighted by molar-refractivity contribution is 6.06. The second kappa shape index (κ2) is 14.0. The van der Waals surface area contributed by atoms with Gasteiger partial charge < -0.3 is 20.3 Å². The van der Waals surface area contributed by atoms with Crippen LogP contribution in [-0.2, 0) is 37.1 Å². The van der Waals surface area contributed by atoms with Crippen LogP contribution in [0.3, 0.4) is 0 Å². The van der Waals surface area contributed by atoms with Crippen molar-refractivity contribution in [3.63, 3.8) is 0 Å². The molecule has 1 aliphatic rings. The number of nitro groups is 1. The van der Waals surface area contributed by atoms with Gasteiger partial charge in [-0.25, -0.2) is 14.5 Å². The second-order valence-electron chi connectivity index (χ2n) is 9.84. The fourth-order valence-electron chi connectivity index (χ4n) is 4.57. The van der Waals surface area contributed by atoms with Gasteiger partial charge in [-0.1, -0.05) is 66.6 Å². The average Bonchev–Trinajstić information content (AvgIpc) is 3.05. The zero-order chi connectivity index (χ0) is 32.7. The number of hydrogen-bond acceptors (Lipinski definition) is 10. The number of rotatable bonds is 10. The van der Waals surface area contributed by atoms with E-state index in [9.17, 15) is 34.4 Å². The summed E-state index contributed by atoms with van der Waals surface area (Å²) in [7, 11) is 0.